The van der Waals surface area contributed by atoms with E-state index in [4.69, 9.17) is 11.6 Å². The van der Waals surface area contributed by atoms with Gasteiger partial charge in [-0.2, -0.15) is 0 Å². The van der Waals surface area contributed by atoms with Crippen molar-refractivity contribution < 1.29 is 9.72 Å². The van der Waals surface area contributed by atoms with Gasteiger partial charge in [-0.3, -0.25) is 14.9 Å². The number of nitro groups is 1. The van der Waals surface area contributed by atoms with Crippen LogP contribution in [0.15, 0.2) is 35.7 Å². The number of nitro benzene ring substituents is 1. The zero-order valence-corrected chi connectivity index (χ0v) is 13.1. The molecule has 3 rings (SSSR count). The fraction of sp³-hybridized carbons (Fsp3) is 0.267. The lowest BCUT2D eigenvalue weighted by atomic mass is 10.1. The van der Waals surface area contributed by atoms with Crippen LogP contribution in [-0.4, -0.2) is 22.3 Å². The molecule has 2 aromatic rings. The summed E-state index contributed by atoms with van der Waals surface area (Å²) in [4.78, 5) is 26.2. The number of carbonyl (C=O) groups excluding carboxylic acids is 1. The number of hydrogen-bond acceptors (Lipinski definition) is 4. The number of amides is 1. The second-order valence-electron chi connectivity index (χ2n) is 5.09. The summed E-state index contributed by atoms with van der Waals surface area (Å²) in [5.41, 5.74) is -0.146. The maximum atomic E-state index is 12.8. The van der Waals surface area contributed by atoms with Gasteiger partial charge in [0.15, 0.2) is 0 Å². The molecule has 1 atom stereocenters. The Morgan fingerprint density at radius 2 is 2.23 bits per heavy atom. The minimum atomic E-state index is -0.560. The first-order valence-electron chi connectivity index (χ1n) is 6.86. The van der Waals surface area contributed by atoms with E-state index in [-0.39, 0.29) is 28.2 Å². The maximum Gasteiger partial charge on any atom is 0.283 e. The molecule has 0 spiro atoms. The lowest BCUT2D eigenvalue weighted by Gasteiger charge is -2.23. The predicted octanol–water partition coefficient (Wildman–Crippen LogP) is 4.29. The fourth-order valence-corrected chi connectivity index (χ4v) is 3.82. The zero-order chi connectivity index (χ0) is 15.7. The Morgan fingerprint density at radius 3 is 2.91 bits per heavy atom. The van der Waals surface area contributed by atoms with Gasteiger partial charge in [-0.15, -0.1) is 11.3 Å². The van der Waals surface area contributed by atoms with Crippen molar-refractivity contribution in [1.29, 1.82) is 0 Å². The molecule has 0 bridgehead atoms. The average molecular weight is 337 g/mol. The van der Waals surface area contributed by atoms with E-state index >= 15 is 0 Å². The lowest BCUT2D eigenvalue weighted by Crippen LogP contribution is -2.30. The minimum Gasteiger partial charge on any atom is -0.331 e. The van der Waals surface area contributed by atoms with Gasteiger partial charge in [0.1, 0.15) is 5.56 Å². The van der Waals surface area contributed by atoms with E-state index in [0.717, 1.165) is 17.7 Å². The molecule has 1 aliphatic heterocycles. The molecule has 5 nitrogen and oxygen atoms in total. The Kier molecular flexibility index (Phi) is 4.13. The Bertz CT molecular complexity index is 718. The van der Waals surface area contributed by atoms with Crippen molar-refractivity contribution in [2.24, 2.45) is 0 Å². The van der Waals surface area contributed by atoms with Crippen LogP contribution in [0.2, 0.25) is 5.02 Å². The molecule has 1 amide bonds. The molecular weight excluding hydrogens is 324 g/mol. The third-order valence-corrected chi connectivity index (χ3v) is 4.98. The van der Waals surface area contributed by atoms with Crippen molar-refractivity contribution in [1.82, 2.24) is 4.90 Å². The monoisotopic (exact) mass is 336 g/mol. The first-order valence-corrected chi connectivity index (χ1v) is 8.12. The van der Waals surface area contributed by atoms with Crippen LogP contribution in [0.4, 0.5) is 5.69 Å². The SMILES string of the molecule is O=C(c1ccc(Cl)cc1[N+](=O)[O-])N1CCCC1c1cccs1. The molecule has 1 aliphatic rings. The van der Waals surface area contributed by atoms with E-state index in [1.165, 1.54) is 18.2 Å². The molecule has 22 heavy (non-hydrogen) atoms. The minimum absolute atomic E-state index is 0.00258. The number of halogens is 1. The number of rotatable bonds is 3. The summed E-state index contributed by atoms with van der Waals surface area (Å²) >= 11 is 7.41. The van der Waals surface area contributed by atoms with E-state index in [2.05, 4.69) is 0 Å². The largest absolute Gasteiger partial charge is 0.331 e. The summed E-state index contributed by atoms with van der Waals surface area (Å²) < 4.78 is 0. The Morgan fingerprint density at radius 1 is 1.41 bits per heavy atom. The molecule has 1 saturated heterocycles. The predicted molar refractivity (Wildman–Crippen MR) is 85.4 cm³/mol. The summed E-state index contributed by atoms with van der Waals surface area (Å²) in [6.07, 6.45) is 1.78. The van der Waals surface area contributed by atoms with Crippen molar-refractivity contribution in [2.75, 3.05) is 6.54 Å². The van der Waals surface area contributed by atoms with Gasteiger partial charge in [0.05, 0.1) is 11.0 Å². The van der Waals surface area contributed by atoms with Gasteiger partial charge >= 0.3 is 0 Å². The Hall–Kier alpha value is -1.92. The standard InChI is InChI=1S/C15H13ClN2O3S/c16-10-5-6-11(13(9-10)18(20)21)15(19)17-7-1-3-12(17)14-4-2-8-22-14/h2,4-6,8-9,12H,1,3,7H2. The quantitative estimate of drug-likeness (QED) is 0.620. The number of nitrogens with zero attached hydrogens (tertiary/aromatic N) is 2. The molecule has 2 heterocycles. The molecule has 1 unspecified atom stereocenters. The van der Waals surface area contributed by atoms with Gasteiger partial charge in [0.25, 0.3) is 11.6 Å². The first kappa shape index (κ1) is 15.0. The number of hydrogen-bond donors (Lipinski definition) is 0. The average Bonchev–Trinajstić information content (AvgIpc) is 3.17. The lowest BCUT2D eigenvalue weighted by molar-refractivity contribution is -0.385. The molecule has 7 heteroatoms. The van der Waals surface area contributed by atoms with Crippen molar-refractivity contribution in [2.45, 2.75) is 18.9 Å². The van der Waals surface area contributed by atoms with Gasteiger partial charge in [-0.1, -0.05) is 17.7 Å². The fourth-order valence-electron chi connectivity index (χ4n) is 2.78. The number of thiophene rings is 1. The summed E-state index contributed by atoms with van der Waals surface area (Å²) in [7, 11) is 0. The van der Waals surface area contributed by atoms with Crippen LogP contribution in [0, 0.1) is 10.1 Å². The zero-order valence-electron chi connectivity index (χ0n) is 11.6. The molecule has 114 valence electrons. The third-order valence-electron chi connectivity index (χ3n) is 3.77. The van der Waals surface area contributed by atoms with Crippen molar-refractivity contribution in [3.63, 3.8) is 0 Å². The van der Waals surface area contributed by atoms with E-state index in [1.807, 2.05) is 17.5 Å². The van der Waals surface area contributed by atoms with Gasteiger partial charge in [0, 0.05) is 22.5 Å². The number of benzene rings is 1. The Labute approximate surface area is 136 Å². The maximum absolute atomic E-state index is 12.8. The van der Waals surface area contributed by atoms with Crippen LogP contribution in [0.5, 0.6) is 0 Å². The van der Waals surface area contributed by atoms with Crippen molar-refractivity contribution in [3.8, 4) is 0 Å². The molecule has 0 saturated carbocycles. The van der Waals surface area contributed by atoms with Crippen LogP contribution in [0.25, 0.3) is 0 Å². The molecule has 0 radical (unpaired) electrons. The second kappa shape index (κ2) is 6.06. The van der Waals surface area contributed by atoms with Crippen molar-refractivity contribution in [3.05, 3.63) is 61.3 Å². The summed E-state index contributed by atoms with van der Waals surface area (Å²) in [6, 6.07) is 8.13. The van der Waals surface area contributed by atoms with Gasteiger partial charge in [0.2, 0.25) is 0 Å². The topological polar surface area (TPSA) is 63.4 Å². The van der Waals surface area contributed by atoms with Gasteiger partial charge in [-0.25, -0.2) is 0 Å². The third kappa shape index (κ3) is 2.71. The van der Waals surface area contributed by atoms with Crippen LogP contribution in [0.1, 0.15) is 34.1 Å². The summed E-state index contributed by atoms with van der Waals surface area (Å²) in [5.74, 6) is -0.306. The molecule has 1 fully saturated rings. The highest BCUT2D eigenvalue weighted by Crippen LogP contribution is 2.36. The molecule has 0 aliphatic carbocycles. The van der Waals surface area contributed by atoms with E-state index in [9.17, 15) is 14.9 Å². The van der Waals surface area contributed by atoms with Crippen LogP contribution in [0.3, 0.4) is 0 Å². The highest BCUT2D eigenvalue weighted by atomic mass is 35.5. The normalized spacial score (nSPS) is 17.7. The van der Waals surface area contributed by atoms with Gasteiger partial charge in [-0.05, 0) is 36.4 Å². The van der Waals surface area contributed by atoms with Crippen LogP contribution < -0.4 is 0 Å². The Balaban J connectivity index is 1.95. The summed E-state index contributed by atoms with van der Waals surface area (Å²) in [6.45, 7) is 0.612. The van der Waals surface area contributed by atoms with E-state index in [0.29, 0.717) is 6.54 Å². The van der Waals surface area contributed by atoms with Crippen LogP contribution >= 0.6 is 22.9 Å². The smallest absolute Gasteiger partial charge is 0.283 e. The second-order valence-corrected chi connectivity index (χ2v) is 6.51. The summed E-state index contributed by atoms with van der Waals surface area (Å²) in [5, 5.41) is 13.4. The highest BCUT2D eigenvalue weighted by Gasteiger charge is 2.34. The van der Waals surface area contributed by atoms with Crippen molar-refractivity contribution >= 4 is 34.5 Å². The van der Waals surface area contributed by atoms with Gasteiger partial charge < -0.3 is 4.90 Å². The van der Waals surface area contributed by atoms with E-state index < -0.39 is 4.92 Å². The van der Waals surface area contributed by atoms with Crippen LogP contribution in [-0.2, 0) is 0 Å². The molecule has 1 aromatic carbocycles. The van der Waals surface area contributed by atoms with E-state index in [1.54, 1.807) is 16.2 Å². The number of carbonyl (C=O) groups is 1. The number of likely N-dealkylation sites (tertiary alicyclic amines) is 1. The highest BCUT2D eigenvalue weighted by molar-refractivity contribution is 7.10. The molecule has 0 N–H and O–H groups in total. The molecular formula is C15H13ClN2O3S. The first-order chi connectivity index (χ1) is 10.6. The molecule has 1 aromatic heterocycles.